The summed E-state index contributed by atoms with van der Waals surface area (Å²) < 4.78 is 5.01. The Hall–Kier alpha value is -2.27. The van der Waals surface area contributed by atoms with Crippen molar-refractivity contribution in [1.82, 2.24) is 0 Å². The highest BCUT2D eigenvalue weighted by Crippen LogP contribution is 2.43. The monoisotopic (exact) mass is 344 g/mol. The fourth-order valence-corrected chi connectivity index (χ4v) is 4.06. The number of carbonyl (C=O) groups excluding carboxylic acids is 1. The van der Waals surface area contributed by atoms with E-state index in [2.05, 4.69) is 18.4 Å². The van der Waals surface area contributed by atoms with Crippen LogP contribution in [0.2, 0.25) is 0 Å². The van der Waals surface area contributed by atoms with Crippen molar-refractivity contribution in [3.8, 4) is 17.2 Å². The van der Waals surface area contributed by atoms with Crippen molar-refractivity contribution in [3.63, 3.8) is 0 Å². The van der Waals surface area contributed by atoms with Gasteiger partial charge >= 0.3 is 0 Å². The first-order valence-electron chi connectivity index (χ1n) is 7.83. The van der Waals surface area contributed by atoms with E-state index < -0.39 is 0 Å². The smallest absolute Gasteiger partial charge is 0.174 e. The Labute approximate surface area is 145 Å². The first-order chi connectivity index (χ1) is 11.5. The van der Waals surface area contributed by atoms with E-state index in [1.54, 1.807) is 11.3 Å². The van der Waals surface area contributed by atoms with Gasteiger partial charge in [-0.05, 0) is 48.1 Å². The van der Waals surface area contributed by atoms with Crippen LogP contribution in [-0.4, -0.2) is 23.1 Å². The highest BCUT2D eigenvalue weighted by Gasteiger charge is 2.35. The molecule has 1 heterocycles. The summed E-state index contributed by atoms with van der Waals surface area (Å²) in [5.74, 6) is -0.634. The molecule has 0 radical (unpaired) electrons. The Morgan fingerprint density at radius 3 is 2.58 bits per heavy atom. The van der Waals surface area contributed by atoms with Crippen LogP contribution in [-0.2, 0) is 0 Å². The van der Waals surface area contributed by atoms with Crippen LogP contribution in [0.5, 0.6) is 17.2 Å². The van der Waals surface area contributed by atoms with Gasteiger partial charge < -0.3 is 14.9 Å². The Morgan fingerprint density at radius 2 is 2.00 bits per heavy atom. The van der Waals surface area contributed by atoms with Gasteiger partial charge in [0.1, 0.15) is 22.8 Å². The van der Waals surface area contributed by atoms with Gasteiger partial charge in [0.05, 0.1) is 7.11 Å². The lowest BCUT2D eigenvalue weighted by Gasteiger charge is -2.29. The molecule has 1 aromatic heterocycles. The van der Waals surface area contributed by atoms with Crippen molar-refractivity contribution < 1.29 is 19.7 Å². The maximum Gasteiger partial charge on any atom is 0.174 e. The Morgan fingerprint density at radius 1 is 1.29 bits per heavy atom. The van der Waals surface area contributed by atoms with Crippen LogP contribution < -0.4 is 4.74 Å². The SMILES string of the molecule is COc1cc(O)c(C(=O)[C@@H]2CC=C(C)C[C@H]2c2ccsc2)c(O)c1. The van der Waals surface area contributed by atoms with Crippen LogP contribution in [0.15, 0.2) is 40.6 Å². The van der Waals surface area contributed by atoms with E-state index in [-0.39, 0.29) is 34.7 Å². The second-order valence-corrected chi connectivity index (χ2v) is 6.94. The number of hydrogen-bond acceptors (Lipinski definition) is 5. The average Bonchev–Trinajstić information content (AvgIpc) is 3.08. The molecule has 0 spiro atoms. The number of hydrogen-bond donors (Lipinski definition) is 2. The molecule has 126 valence electrons. The molecule has 0 amide bonds. The zero-order chi connectivity index (χ0) is 17.3. The summed E-state index contributed by atoms with van der Waals surface area (Å²) in [6.07, 6.45) is 3.49. The number of carbonyl (C=O) groups is 1. The summed E-state index contributed by atoms with van der Waals surface area (Å²) in [6.45, 7) is 2.07. The topological polar surface area (TPSA) is 66.8 Å². The summed E-state index contributed by atoms with van der Waals surface area (Å²) in [7, 11) is 1.44. The van der Waals surface area contributed by atoms with Gasteiger partial charge in [0, 0.05) is 18.1 Å². The third kappa shape index (κ3) is 3.04. The third-order valence-electron chi connectivity index (χ3n) is 4.61. The molecule has 0 aliphatic heterocycles. The number of ether oxygens (including phenoxy) is 1. The zero-order valence-corrected chi connectivity index (χ0v) is 14.5. The fraction of sp³-hybridized carbons (Fsp3) is 0.316. The second kappa shape index (κ2) is 6.69. The minimum Gasteiger partial charge on any atom is -0.507 e. The van der Waals surface area contributed by atoms with Gasteiger partial charge in [0.25, 0.3) is 0 Å². The van der Waals surface area contributed by atoms with E-state index in [4.69, 9.17) is 4.74 Å². The molecule has 0 bridgehead atoms. The van der Waals surface area contributed by atoms with Crippen LogP contribution in [0.1, 0.15) is 41.6 Å². The number of rotatable bonds is 4. The van der Waals surface area contributed by atoms with E-state index in [9.17, 15) is 15.0 Å². The molecule has 1 aliphatic rings. The Kier molecular flexibility index (Phi) is 4.62. The Balaban J connectivity index is 1.99. The van der Waals surface area contributed by atoms with Gasteiger partial charge in [-0.15, -0.1) is 0 Å². The van der Waals surface area contributed by atoms with E-state index >= 15 is 0 Å². The van der Waals surface area contributed by atoms with Gasteiger partial charge in [-0.2, -0.15) is 11.3 Å². The molecule has 0 saturated heterocycles. The minimum atomic E-state index is -0.298. The largest absolute Gasteiger partial charge is 0.507 e. The lowest BCUT2D eigenvalue weighted by atomic mass is 9.73. The first kappa shape index (κ1) is 16.6. The number of thiophene rings is 1. The number of aromatic hydroxyl groups is 2. The van der Waals surface area contributed by atoms with Crippen LogP contribution in [0.4, 0.5) is 0 Å². The van der Waals surface area contributed by atoms with Crippen LogP contribution in [0.25, 0.3) is 0 Å². The lowest BCUT2D eigenvalue weighted by molar-refractivity contribution is 0.0890. The highest BCUT2D eigenvalue weighted by molar-refractivity contribution is 7.08. The highest BCUT2D eigenvalue weighted by atomic mass is 32.1. The van der Waals surface area contributed by atoms with Crippen molar-refractivity contribution >= 4 is 17.1 Å². The molecule has 0 saturated carbocycles. The predicted octanol–water partition coefficient (Wildman–Crippen LogP) is 4.49. The number of methoxy groups -OCH3 is 1. The molecule has 0 fully saturated rings. The summed E-state index contributed by atoms with van der Waals surface area (Å²) in [4.78, 5) is 13.1. The predicted molar refractivity (Wildman–Crippen MR) is 94.2 cm³/mol. The number of allylic oxidation sites excluding steroid dienone is 2. The molecule has 2 atom stereocenters. The molecule has 1 aliphatic carbocycles. The van der Waals surface area contributed by atoms with Gasteiger partial charge in [-0.1, -0.05) is 11.6 Å². The van der Waals surface area contributed by atoms with Gasteiger partial charge in [-0.25, -0.2) is 0 Å². The van der Waals surface area contributed by atoms with Crippen molar-refractivity contribution in [2.45, 2.75) is 25.7 Å². The van der Waals surface area contributed by atoms with E-state index in [0.717, 1.165) is 12.0 Å². The molecule has 2 N–H and O–H groups in total. The second-order valence-electron chi connectivity index (χ2n) is 6.16. The number of phenols is 2. The number of Topliss-reactive ketones (excluding diaryl/α,β-unsaturated/α-hetero) is 1. The Bertz CT molecular complexity index is 754. The van der Waals surface area contributed by atoms with Crippen molar-refractivity contribution in [2.24, 2.45) is 5.92 Å². The maximum absolute atomic E-state index is 13.1. The molecule has 4 nitrogen and oxygen atoms in total. The summed E-state index contributed by atoms with van der Waals surface area (Å²) >= 11 is 1.61. The summed E-state index contributed by atoms with van der Waals surface area (Å²) in [6, 6.07) is 4.76. The van der Waals surface area contributed by atoms with Gasteiger partial charge in [0.15, 0.2) is 5.78 Å². The average molecular weight is 344 g/mol. The van der Waals surface area contributed by atoms with Gasteiger partial charge in [-0.3, -0.25) is 4.79 Å². The van der Waals surface area contributed by atoms with E-state index in [1.807, 2.05) is 11.4 Å². The molecule has 2 aromatic rings. The standard InChI is InChI=1S/C19H20O4S/c1-11-3-4-14(15(7-11)12-5-6-24-10-12)19(22)18-16(20)8-13(23-2)9-17(18)21/h3,5-6,8-10,14-15,20-21H,4,7H2,1-2H3/t14-,15+/m1/s1. The quantitative estimate of drug-likeness (QED) is 0.633. The number of benzene rings is 1. The number of phenolic OH excluding ortho intramolecular Hbond substituents is 2. The molecule has 0 unspecified atom stereocenters. The molecule has 5 heteroatoms. The van der Waals surface area contributed by atoms with Gasteiger partial charge in [0.2, 0.25) is 0 Å². The van der Waals surface area contributed by atoms with E-state index in [0.29, 0.717) is 12.2 Å². The zero-order valence-electron chi connectivity index (χ0n) is 13.7. The summed E-state index contributed by atoms with van der Waals surface area (Å²) in [5, 5.41) is 24.5. The minimum absolute atomic E-state index is 0.0195. The van der Waals surface area contributed by atoms with Crippen LogP contribution >= 0.6 is 11.3 Å². The lowest BCUT2D eigenvalue weighted by Crippen LogP contribution is -2.25. The van der Waals surface area contributed by atoms with Crippen LogP contribution in [0.3, 0.4) is 0 Å². The van der Waals surface area contributed by atoms with Crippen LogP contribution in [0, 0.1) is 5.92 Å². The third-order valence-corrected chi connectivity index (χ3v) is 5.31. The molecule has 3 rings (SSSR count). The summed E-state index contributed by atoms with van der Waals surface area (Å²) in [5.41, 5.74) is 2.38. The normalized spacial score (nSPS) is 20.5. The van der Waals surface area contributed by atoms with E-state index in [1.165, 1.54) is 24.8 Å². The first-order valence-corrected chi connectivity index (χ1v) is 8.77. The molecule has 1 aromatic carbocycles. The number of ketones is 1. The van der Waals surface area contributed by atoms with Crippen molar-refractivity contribution in [1.29, 1.82) is 0 Å². The van der Waals surface area contributed by atoms with Crippen molar-refractivity contribution in [3.05, 3.63) is 51.7 Å². The molecular formula is C19H20O4S. The van der Waals surface area contributed by atoms with Crippen molar-refractivity contribution in [2.75, 3.05) is 7.11 Å². The maximum atomic E-state index is 13.1. The molecular weight excluding hydrogens is 324 g/mol. The molecule has 24 heavy (non-hydrogen) atoms. The fourth-order valence-electron chi connectivity index (χ4n) is 3.33.